The Labute approximate surface area is 258 Å². The van der Waals surface area contributed by atoms with E-state index >= 15 is 0 Å². The van der Waals surface area contributed by atoms with Gasteiger partial charge in [0.1, 0.15) is 0 Å². The summed E-state index contributed by atoms with van der Waals surface area (Å²) in [6.45, 7) is 0. The highest BCUT2D eigenvalue weighted by atomic mass is 35.5. The molecule has 0 saturated heterocycles. The Hall–Kier alpha value is -4.72. The molecule has 43 heavy (non-hydrogen) atoms. The molecule has 6 aromatic rings. The summed E-state index contributed by atoms with van der Waals surface area (Å²) >= 11 is 11.9. The highest BCUT2D eigenvalue weighted by Gasteiger charge is 2.21. The quantitative estimate of drug-likeness (QED) is 0.154. The molecule has 0 amide bonds. The van der Waals surface area contributed by atoms with Crippen molar-refractivity contribution in [2.24, 2.45) is 0 Å². The van der Waals surface area contributed by atoms with Crippen molar-refractivity contribution in [3.8, 4) is 45.3 Å². The lowest BCUT2D eigenvalue weighted by molar-refractivity contribution is -0.605. The van der Waals surface area contributed by atoms with Crippen LogP contribution in [-0.2, 0) is 25.7 Å². The zero-order valence-electron chi connectivity index (χ0n) is 22.9. The van der Waals surface area contributed by atoms with Gasteiger partial charge in [-0.3, -0.25) is 4.98 Å². The van der Waals surface area contributed by atoms with Crippen LogP contribution in [0.4, 0.5) is 0 Å². The third-order valence-electron chi connectivity index (χ3n) is 7.69. The van der Waals surface area contributed by atoms with E-state index in [0.717, 1.165) is 75.4 Å². The maximum atomic E-state index is 11.4. The fraction of sp³-hybridized carbons (Fsp3) is 0.118. The van der Waals surface area contributed by atoms with Crippen molar-refractivity contribution in [3.05, 3.63) is 135 Å². The highest BCUT2D eigenvalue weighted by molar-refractivity contribution is 6.30. The van der Waals surface area contributed by atoms with E-state index in [1.165, 1.54) is 22.9 Å². The predicted octanol–water partition coefficient (Wildman–Crippen LogP) is 7.15. The van der Waals surface area contributed by atoms with Gasteiger partial charge in [-0.2, -0.15) is 4.73 Å². The molecule has 2 aromatic carbocycles. The lowest BCUT2D eigenvalue weighted by Gasteiger charge is -2.18. The van der Waals surface area contributed by atoms with Gasteiger partial charge >= 0.3 is 0 Å². The highest BCUT2D eigenvalue weighted by Crippen LogP contribution is 2.33. The van der Waals surface area contributed by atoms with Crippen LogP contribution >= 0.6 is 23.2 Å². The summed E-state index contributed by atoms with van der Waals surface area (Å²) in [6, 6.07) is 18.9. The first kappa shape index (κ1) is 27.1. The Balaban J connectivity index is 0.000000140. The number of pyridine rings is 2. The molecule has 0 fully saturated rings. The van der Waals surface area contributed by atoms with E-state index in [2.05, 4.69) is 15.0 Å². The van der Waals surface area contributed by atoms with Crippen molar-refractivity contribution >= 4 is 23.2 Å². The first-order valence-electron chi connectivity index (χ1n) is 13.9. The number of hydrogen-bond donors (Lipinski definition) is 0. The van der Waals surface area contributed by atoms with Crippen LogP contribution in [0.2, 0.25) is 10.0 Å². The van der Waals surface area contributed by atoms with E-state index in [1.807, 2.05) is 85.5 Å². The summed E-state index contributed by atoms with van der Waals surface area (Å²) in [4.78, 5) is 22.7. The van der Waals surface area contributed by atoms with E-state index in [0.29, 0.717) is 15.9 Å². The molecule has 8 rings (SSSR count). The van der Waals surface area contributed by atoms with E-state index < -0.39 is 0 Å². The van der Waals surface area contributed by atoms with Crippen LogP contribution in [0.15, 0.2) is 97.8 Å². The standard InChI is InChI=1S/C17H12ClN3O.C17H12ClN3/c18-14-5-3-11(4-6-14)17-19-9-12-1-2-13-10-21(22)8-7-15(13)16(12)20-17;18-14-5-3-11(4-6-14)17-20-10-13-2-1-12-9-19-8-7-15(12)16(13)21-17/h3-10H,1-2H2;3-10H,1-2H2. The fourth-order valence-electron chi connectivity index (χ4n) is 5.47. The molecule has 0 N–H and O–H groups in total. The predicted molar refractivity (Wildman–Crippen MR) is 167 cm³/mol. The Kier molecular flexibility index (Phi) is 7.27. The topological polar surface area (TPSA) is 91.4 Å². The minimum absolute atomic E-state index is 0.669. The summed E-state index contributed by atoms with van der Waals surface area (Å²) in [5.41, 5.74) is 10.6. The van der Waals surface area contributed by atoms with Crippen LogP contribution in [0.1, 0.15) is 22.3 Å². The molecule has 0 saturated carbocycles. The average Bonchev–Trinajstić information content (AvgIpc) is 3.05. The summed E-state index contributed by atoms with van der Waals surface area (Å²) in [5, 5.41) is 12.8. The first-order chi connectivity index (χ1) is 21.0. The van der Waals surface area contributed by atoms with Gasteiger partial charge in [0.05, 0.1) is 11.4 Å². The van der Waals surface area contributed by atoms with Crippen molar-refractivity contribution in [1.29, 1.82) is 0 Å². The van der Waals surface area contributed by atoms with Gasteiger partial charge < -0.3 is 5.21 Å². The zero-order chi connectivity index (χ0) is 29.3. The summed E-state index contributed by atoms with van der Waals surface area (Å²) in [7, 11) is 0. The number of benzene rings is 2. The van der Waals surface area contributed by atoms with E-state index in [-0.39, 0.29) is 0 Å². The maximum Gasteiger partial charge on any atom is 0.184 e. The molecule has 4 heterocycles. The normalized spacial score (nSPS) is 12.6. The van der Waals surface area contributed by atoms with Crippen molar-refractivity contribution < 1.29 is 4.73 Å². The van der Waals surface area contributed by atoms with Gasteiger partial charge in [-0.1, -0.05) is 23.2 Å². The molecule has 0 atom stereocenters. The monoisotopic (exact) mass is 602 g/mol. The Morgan fingerprint density at radius 2 is 1.09 bits per heavy atom. The van der Waals surface area contributed by atoms with Crippen LogP contribution < -0.4 is 4.73 Å². The number of nitrogens with zero attached hydrogens (tertiary/aromatic N) is 6. The summed E-state index contributed by atoms with van der Waals surface area (Å²) < 4.78 is 0.838. The molecule has 210 valence electrons. The maximum absolute atomic E-state index is 11.4. The molecule has 2 aliphatic carbocycles. The third-order valence-corrected chi connectivity index (χ3v) is 8.20. The van der Waals surface area contributed by atoms with Gasteiger partial charge in [-0.25, -0.2) is 19.9 Å². The van der Waals surface area contributed by atoms with Gasteiger partial charge in [0, 0.05) is 68.7 Å². The second kappa shape index (κ2) is 11.5. The van der Waals surface area contributed by atoms with Crippen LogP contribution in [-0.4, -0.2) is 24.9 Å². The molecule has 9 heteroatoms. The largest absolute Gasteiger partial charge is 0.619 e. The van der Waals surface area contributed by atoms with Crippen molar-refractivity contribution in [1.82, 2.24) is 24.9 Å². The SMILES string of the molecule is Clc1ccc(-c2ncc3c(n2)-c2ccncc2CC3)cc1.[O-][n+]1ccc2c(c1)CCc1cnc(-c3ccc(Cl)cc3)nc1-2. The lowest BCUT2D eigenvalue weighted by atomic mass is 9.91. The van der Waals surface area contributed by atoms with Crippen LogP contribution in [0.3, 0.4) is 0 Å². The Morgan fingerprint density at radius 3 is 1.67 bits per heavy atom. The Morgan fingerprint density at radius 1 is 0.581 bits per heavy atom. The Bertz CT molecular complexity index is 1960. The smallest absolute Gasteiger partial charge is 0.184 e. The molecule has 0 bridgehead atoms. The lowest BCUT2D eigenvalue weighted by Crippen LogP contribution is -2.26. The first-order valence-corrected chi connectivity index (χ1v) is 14.7. The van der Waals surface area contributed by atoms with Crippen LogP contribution in [0.25, 0.3) is 45.3 Å². The van der Waals surface area contributed by atoms with Gasteiger partial charge in [0.25, 0.3) is 0 Å². The number of aryl methyl sites for hydroxylation is 4. The van der Waals surface area contributed by atoms with Crippen LogP contribution in [0.5, 0.6) is 0 Å². The molecule has 0 spiro atoms. The van der Waals surface area contributed by atoms with Gasteiger partial charge in [-0.15, -0.1) is 0 Å². The van der Waals surface area contributed by atoms with Crippen molar-refractivity contribution in [2.45, 2.75) is 25.7 Å². The summed E-state index contributed by atoms with van der Waals surface area (Å²) in [6.07, 6.45) is 14.4. The molecule has 0 unspecified atom stereocenters. The van der Waals surface area contributed by atoms with E-state index in [1.54, 1.807) is 6.20 Å². The molecule has 7 nitrogen and oxygen atoms in total. The van der Waals surface area contributed by atoms with Crippen LogP contribution in [0, 0.1) is 5.21 Å². The number of aromatic nitrogens is 6. The molecular formula is C34H24Cl2N6O. The molecular weight excluding hydrogens is 579 g/mol. The summed E-state index contributed by atoms with van der Waals surface area (Å²) in [5.74, 6) is 1.40. The van der Waals surface area contributed by atoms with Crippen molar-refractivity contribution in [3.63, 3.8) is 0 Å². The number of hydrogen-bond acceptors (Lipinski definition) is 6. The van der Waals surface area contributed by atoms with Gasteiger partial charge in [0.2, 0.25) is 0 Å². The molecule has 0 radical (unpaired) electrons. The minimum Gasteiger partial charge on any atom is -0.619 e. The second-order valence-electron chi connectivity index (χ2n) is 10.4. The zero-order valence-corrected chi connectivity index (χ0v) is 24.4. The van der Waals surface area contributed by atoms with Gasteiger partial charge in [0.15, 0.2) is 24.0 Å². The number of fused-ring (bicyclic) bond motifs is 6. The molecule has 4 aromatic heterocycles. The van der Waals surface area contributed by atoms with Gasteiger partial charge in [-0.05, 0) is 97.0 Å². The molecule has 0 aliphatic heterocycles. The van der Waals surface area contributed by atoms with Crippen molar-refractivity contribution in [2.75, 3.05) is 0 Å². The molecule has 2 aliphatic rings. The fourth-order valence-corrected chi connectivity index (χ4v) is 5.72. The second-order valence-corrected chi connectivity index (χ2v) is 11.3. The number of rotatable bonds is 2. The number of halogens is 2. The average molecular weight is 604 g/mol. The minimum atomic E-state index is 0.669. The van der Waals surface area contributed by atoms with E-state index in [9.17, 15) is 5.21 Å². The third kappa shape index (κ3) is 5.57. The van der Waals surface area contributed by atoms with E-state index in [4.69, 9.17) is 33.2 Å².